The number of aryl methyl sites for hydroxylation is 1. The summed E-state index contributed by atoms with van der Waals surface area (Å²) in [5.41, 5.74) is 0.584. The average molecular weight is 264 g/mol. The number of hydrogen-bond donors (Lipinski definition) is 2. The largest absolute Gasteiger partial charge is 0.504 e. The van der Waals surface area contributed by atoms with Gasteiger partial charge >= 0.3 is 0 Å². The number of phenolic OH excluding ortho intramolecular Hbond substituents is 2. The SMILES string of the molecule is Cc1ccccc1S(=O)(=O)c1cccc(O)c1O. The van der Waals surface area contributed by atoms with E-state index in [1.165, 1.54) is 24.3 Å². The van der Waals surface area contributed by atoms with Crippen molar-refractivity contribution in [1.82, 2.24) is 0 Å². The lowest BCUT2D eigenvalue weighted by Gasteiger charge is -2.09. The van der Waals surface area contributed by atoms with Crippen LogP contribution in [-0.4, -0.2) is 18.6 Å². The molecule has 0 aliphatic heterocycles. The van der Waals surface area contributed by atoms with Crippen LogP contribution in [0, 0.1) is 6.92 Å². The molecule has 0 atom stereocenters. The van der Waals surface area contributed by atoms with E-state index in [0.29, 0.717) is 5.56 Å². The maximum absolute atomic E-state index is 12.4. The number of phenols is 2. The van der Waals surface area contributed by atoms with E-state index in [4.69, 9.17) is 0 Å². The van der Waals surface area contributed by atoms with Gasteiger partial charge in [-0.2, -0.15) is 0 Å². The predicted molar refractivity (Wildman–Crippen MR) is 66.4 cm³/mol. The Balaban J connectivity index is 2.71. The van der Waals surface area contributed by atoms with Gasteiger partial charge in [0.05, 0.1) is 4.90 Å². The molecular formula is C13H12O4S. The minimum absolute atomic E-state index is 0.117. The highest BCUT2D eigenvalue weighted by molar-refractivity contribution is 7.91. The maximum Gasteiger partial charge on any atom is 0.210 e. The number of sulfone groups is 1. The van der Waals surface area contributed by atoms with E-state index in [0.717, 1.165) is 0 Å². The second-order valence-electron chi connectivity index (χ2n) is 3.89. The van der Waals surface area contributed by atoms with Crippen LogP contribution in [0.5, 0.6) is 11.5 Å². The molecule has 5 heteroatoms. The fraction of sp³-hybridized carbons (Fsp3) is 0.0769. The molecule has 0 aliphatic rings. The first-order valence-corrected chi connectivity index (χ1v) is 6.74. The summed E-state index contributed by atoms with van der Waals surface area (Å²) in [4.78, 5) is -0.178. The number of para-hydroxylation sites is 1. The fourth-order valence-electron chi connectivity index (χ4n) is 1.70. The molecule has 0 heterocycles. The lowest BCUT2D eigenvalue weighted by Crippen LogP contribution is -2.04. The number of benzene rings is 2. The van der Waals surface area contributed by atoms with E-state index in [1.54, 1.807) is 25.1 Å². The van der Waals surface area contributed by atoms with Crippen LogP contribution in [0.15, 0.2) is 52.3 Å². The third-order valence-corrected chi connectivity index (χ3v) is 4.60. The Bertz CT molecular complexity index is 690. The zero-order valence-electron chi connectivity index (χ0n) is 9.66. The first-order valence-electron chi connectivity index (χ1n) is 5.26. The van der Waals surface area contributed by atoms with Crippen LogP contribution in [-0.2, 0) is 9.84 Å². The Morgan fingerprint density at radius 2 is 1.50 bits per heavy atom. The van der Waals surface area contributed by atoms with Crippen molar-refractivity contribution in [2.75, 3.05) is 0 Å². The third kappa shape index (κ3) is 1.93. The topological polar surface area (TPSA) is 74.6 Å². The first-order chi connectivity index (χ1) is 8.44. The molecule has 0 aliphatic carbocycles. The summed E-state index contributed by atoms with van der Waals surface area (Å²) in [6, 6.07) is 10.3. The van der Waals surface area contributed by atoms with Crippen LogP contribution >= 0.6 is 0 Å². The zero-order chi connectivity index (χ0) is 13.3. The molecule has 0 spiro atoms. The number of aromatic hydroxyl groups is 2. The van der Waals surface area contributed by atoms with Crippen molar-refractivity contribution in [2.24, 2.45) is 0 Å². The van der Waals surface area contributed by atoms with Crippen molar-refractivity contribution >= 4 is 9.84 Å². The van der Waals surface area contributed by atoms with Gasteiger partial charge in [-0.1, -0.05) is 24.3 Å². The highest BCUT2D eigenvalue weighted by Crippen LogP contribution is 2.35. The van der Waals surface area contributed by atoms with Crippen LogP contribution in [0.1, 0.15) is 5.56 Å². The van der Waals surface area contributed by atoms with Crippen molar-refractivity contribution in [1.29, 1.82) is 0 Å². The minimum atomic E-state index is -3.83. The van der Waals surface area contributed by atoms with Crippen LogP contribution < -0.4 is 0 Å². The molecule has 2 N–H and O–H groups in total. The van der Waals surface area contributed by atoms with Crippen molar-refractivity contribution < 1.29 is 18.6 Å². The van der Waals surface area contributed by atoms with Crippen molar-refractivity contribution in [2.45, 2.75) is 16.7 Å². The van der Waals surface area contributed by atoms with Gasteiger partial charge in [-0.3, -0.25) is 0 Å². The molecule has 0 saturated carbocycles. The molecule has 0 saturated heterocycles. The summed E-state index contributed by atoms with van der Waals surface area (Å²) in [7, 11) is -3.83. The third-order valence-electron chi connectivity index (χ3n) is 2.65. The molecule has 0 unspecified atom stereocenters. The Morgan fingerprint density at radius 1 is 0.889 bits per heavy atom. The van der Waals surface area contributed by atoms with E-state index in [1.807, 2.05) is 0 Å². The van der Waals surface area contributed by atoms with Gasteiger partial charge in [0.15, 0.2) is 11.5 Å². The number of hydrogen-bond acceptors (Lipinski definition) is 4. The lowest BCUT2D eigenvalue weighted by molar-refractivity contribution is 0.393. The summed E-state index contributed by atoms with van der Waals surface area (Å²) in [5.74, 6) is -1.08. The molecule has 0 amide bonds. The summed E-state index contributed by atoms with van der Waals surface area (Å²) in [6.45, 7) is 1.67. The van der Waals surface area contributed by atoms with Crippen LogP contribution in [0.4, 0.5) is 0 Å². The molecule has 18 heavy (non-hydrogen) atoms. The average Bonchev–Trinajstić information content (AvgIpc) is 2.32. The molecular weight excluding hydrogens is 252 g/mol. The molecule has 94 valence electrons. The summed E-state index contributed by atoms with van der Waals surface area (Å²) >= 11 is 0. The van der Waals surface area contributed by atoms with E-state index >= 15 is 0 Å². The second kappa shape index (κ2) is 4.34. The van der Waals surface area contributed by atoms with Crippen LogP contribution in [0.2, 0.25) is 0 Å². The van der Waals surface area contributed by atoms with Gasteiger partial charge in [-0.15, -0.1) is 0 Å². The normalized spacial score (nSPS) is 11.4. The molecule has 0 bridgehead atoms. The summed E-state index contributed by atoms with van der Waals surface area (Å²) < 4.78 is 24.7. The Morgan fingerprint density at radius 3 is 2.17 bits per heavy atom. The highest BCUT2D eigenvalue weighted by atomic mass is 32.2. The van der Waals surface area contributed by atoms with Crippen molar-refractivity contribution in [3.63, 3.8) is 0 Å². The van der Waals surface area contributed by atoms with Crippen molar-refractivity contribution in [3.8, 4) is 11.5 Å². The Hall–Kier alpha value is -2.01. The van der Waals surface area contributed by atoms with Crippen molar-refractivity contribution in [3.05, 3.63) is 48.0 Å². The minimum Gasteiger partial charge on any atom is -0.504 e. The van der Waals surface area contributed by atoms with Gasteiger partial charge in [0.2, 0.25) is 9.84 Å². The van der Waals surface area contributed by atoms with E-state index in [2.05, 4.69) is 0 Å². The van der Waals surface area contributed by atoms with E-state index in [-0.39, 0.29) is 9.79 Å². The predicted octanol–water partition coefficient (Wildman–Crippen LogP) is 2.24. The molecule has 4 nitrogen and oxygen atoms in total. The highest BCUT2D eigenvalue weighted by Gasteiger charge is 2.24. The summed E-state index contributed by atoms with van der Waals surface area (Å²) in [5, 5.41) is 19.0. The maximum atomic E-state index is 12.4. The van der Waals surface area contributed by atoms with Gasteiger partial charge in [-0.25, -0.2) is 8.42 Å². The van der Waals surface area contributed by atoms with Crippen LogP contribution in [0.3, 0.4) is 0 Å². The van der Waals surface area contributed by atoms with Crippen LogP contribution in [0.25, 0.3) is 0 Å². The molecule has 2 aromatic carbocycles. The quantitative estimate of drug-likeness (QED) is 0.816. The second-order valence-corrected chi connectivity index (χ2v) is 5.78. The van der Waals surface area contributed by atoms with E-state index < -0.39 is 21.3 Å². The molecule has 2 rings (SSSR count). The fourth-order valence-corrected chi connectivity index (χ4v) is 3.31. The summed E-state index contributed by atoms with van der Waals surface area (Å²) in [6.07, 6.45) is 0. The van der Waals surface area contributed by atoms with Gasteiger partial charge in [0.1, 0.15) is 4.90 Å². The van der Waals surface area contributed by atoms with Gasteiger partial charge in [-0.05, 0) is 30.7 Å². The van der Waals surface area contributed by atoms with Gasteiger partial charge < -0.3 is 10.2 Å². The first kappa shape index (κ1) is 12.4. The van der Waals surface area contributed by atoms with Gasteiger partial charge in [0, 0.05) is 0 Å². The molecule has 0 radical (unpaired) electrons. The van der Waals surface area contributed by atoms with E-state index in [9.17, 15) is 18.6 Å². The number of rotatable bonds is 2. The Labute approximate surface area is 105 Å². The Kier molecular flexibility index (Phi) is 3.00. The smallest absolute Gasteiger partial charge is 0.210 e. The zero-order valence-corrected chi connectivity index (χ0v) is 10.5. The lowest BCUT2D eigenvalue weighted by atomic mass is 10.2. The standard InChI is InChI=1S/C13H12O4S/c1-9-5-2-3-7-11(9)18(16,17)12-8-4-6-10(14)13(12)15/h2-8,14-15H,1H3. The molecule has 2 aromatic rings. The molecule has 0 aromatic heterocycles. The van der Waals surface area contributed by atoms with Gasteiger partial charge in [0.25, 0.3) is 0 Å². The monoisotopic (exact) mass is 264 g/mol. The molecule has 0 fully saturated rings.